The average Bonchev–Trinajstić information content (AvgIpc) is 3.79. The summed E-state index contributed by atoms with van der Waals surface area (Å²) in [7, 11) is 0. The molecule has 7 heteroatoms. The molecule has 0 bridgehead atoms. The first kappa shape index (κ1) is 23.3. The van der Waals surface area contributed by atoms with Crippen molar-refractivity contribution >= 4 is 17.5 Å². The van der Waals surface area contributed by atoms with Gasteiger partial charge in [0.25, 0.3) is 5.91 Å². The second-order valence-electron chi connectivity index (χ2n) is 10.2. The van der Waals surface area contributed by atoms with Gasteiger partial charge in [-0.1, -0.05) is 18.2 Å². The van der Waals surface area contributed by atoms with E-state index in [-0.39, 0.29) is 23.8 Å². The van der Waals surface area contributed by atoms with Gasteiger partial charge in [-0.25, -0.2) is 0 Å². The van der Waals surface area contributed by atoms with Crippen LogP contribution in [0.4, 0.5) is 5.69 Å². The van der Waals surface area contributed by atoms with Crippen molar-refractivity contribution in [2.45, 2.75) is 58.5 Å². The van der Waals surface area contributed by atoms with E-state index in [1.165, 1.54) is 0 Å². The van der Waals surface area contributed by atoms with Crippen molar-refractivity contribution in [1.82, 2.24) is 20.1 Å². The van der Waals surface area contributed by atoms with Crippen LogP contribution in [0.1, 0.15) is 61.8 Å². The van der Waals surface area contributed by atoms with E-state index in [9.17, 15) is 9.59 Å². The number of nitrogens with zero attached hydrogens (tertiary/aromatic N) is 3. The fourth-order valence-electron chi connectivity index (χ4n) is 5.09. The van der Waals surface area contributed by atoms with Crippen LogP contribution in [0.15, 0.2) is 54.9 Å². The topological polar surface area (TPSA) is 88.9 Å². The SMILES string of the molecule is Cc1ncccc1-c1ccc(NC(=O)[C@@H](NC(=O)c2ccnn2C(C)C)C(C2CC2)C2CC2)cc1. The van der Waals surface area contributed by atoms with Crippen LogP contribution < -0.4 is 10.6 Å². The maximum atomic E-state index is 13.6. The maximum Gasteiger partial charge on any atom is 0.270 e. The van der Waals surface area contributed by atoms with E-state index in [1.54, 1.807) is 23.1 Å². The van der Waals surface area contributed by atoms with Crippen molar-refractivity contribution in [2.75, 3.05) is 5.32 Å². The summed E-state index contributed by atoms with van der Waals surface area (Å²) < 4.78 is 1.70. The second-order valence-corrected chi connectivity index (χ2v) is 10.2. The zero-order valence-electron chi connectivity index (χ0n) is 20.6. The molecule has 0 radical (unpaired) electrons. The van der Waals surface area contributed by atoms with E-state index >= 15 is 0 Å². The molecule has 0 saturated heterocycles. The zero-order valence-corrected chi connectivity index (χ0v) is 20.6. The van der Waals surface area contributed by atoms with Crippen LogP contribution in [0.25, 0.3) is 11.1 Å². The van der Waals surface area contributed by atoms with Crippen LogP contribution in [0.2, 0.25) is 0 Å². The summed E-state index contributed by atoms with van der Waals surface area (Å²) in [6.45, 7) is 5.96. The molecule has 182 valence electrons. The first-order chi connectivity index (χ1) is 16.9. The number of anilines is 1. The number of pyridine rings is 1. The average molecular weight is 472 g/mol. The lowest BCUT2D eigenvalue weighted by atomic mass is 9.88. The first-order valence-corrected chi connectivity index (χ1v) is 12.6. The molecule has 35 heavy (non-hydrogen) atoms. The third-order valence-electron chi connectivity index (χ3n) is 7.15. The largest absolute Gasteiger partial charge is 0.339 e. The lowest BCUT2D eigenvalue weighted by Gasteiger charge is -2.28. The molecule has 2 aromatic heterocycles. The molecule has 1 aromatic carbocycles. The molecule has 2 N–H and O–H groups in total. The Morgan fingerprint density at radius 3 is 2.26 bits per heavy atom. The Bertz CT molecular complexity index is 1200. The van der Waals surface area contributed by atoms with E-state index in [0.717, 1.165) is 48.2 Å². The second kappa shape index (κ2) is 9.64. The molecule has 5 rings (SSSR count). The van der Waals surface area contributed by atoms with Gasteiger partial charge in [-0.3, -0.25) is 19.3 Å². The molecule has 2 heterocycles. The van der Waals surface area contributed by atoms with Gasteiger partial charge in [0.05, 0.1) is 0 Å². The van der Waals surface area contributed by atoms with Gasteiger partial charge < -0.3 is 10.6 Å². The lowest BCUT2D eigenvalue weighted by Crippen LogP contribution is -2.50. The number of amides is 2. The summed E-state index contributed by atoms with van der Waals surface area (Å²) in [4.78, 5) is 31.2. The smallest absolute Gasteiger partial charge is 0.270 e. The molecule has 3 aromatic rings. The van der Waals surface area contributed by atoms with E-state index in [4.69, 9.17) is 0 Å². The molecular weight excluding hydrogens is 438 g/mol. The Morgan fingerprint density at radius 2 is 1.66 bits per heavy atom. The monoisotopic (exact) mass is 471 g/mol. The quantitative estimate of drug-likeness (QED) is 0.459. The standard InChI is InChI=1S/C28H33N5O2/c1-17(2)33-24(14-16-30-33)27(34)32-26(25(20-6-7-20)21-8-9-21)28(35)31-22-12-10-19(11-13-22)23-5-4-15-29-18(23)3/h4-5,10-17,20-21,25-26H,6-9H2,1-3H3,(H,31,35)(H,32,34)/t26-/m0/s1. The molecule has 2 aliphatic rings. The van der Waals surface area contributed by atoms with E-state index < -0.39 is 6.04 Å². The Morgan fingerprint density at radius 1 is 0.971 bits per heavy atom. The number of nitrogens with one attached hydrogen (secondary N) is 2. The number of carbonyl (C=O) groups excluding carboxylic acids is 2. The van der Waals surface area contributed by atoms with Gasteiger partial charge in [0.15, 0.2) is 0 Å². The van der Waals surface area contributed by atoms with E-state index in [1.807, 2.05) is 57.2 Å². The number of benzene rings is 1. The van der Waals surface area contributed by atoms with Gasteiger partial charge in [0.1, 0.15) is 11.7 Å². The van der Waals surface area contributed by atoms with Crippen LogP contribution >= 0.6 is 0 Å². The molecule has 0 unspecified atom stereocenters. The molecule has 1 atom stereocenters. The highest BCUT2D eigenvalue weighted by Crippen LogP contribution is 2.51. The minimum atomic E-state index is -0.571. The minimum Gasteiger partial charge on any atom is -0.339 e. The van der Waals surface area contributed by atoms with E-state index in [2.05, 4.69) is 20.7 Å². The van der Waals surface area contributed by atoms with Gasteiger partial charge in [0, 0.05) is 35.4 Å². The van der Waals surface area contributed by atoms with Crippen molar-refractivity contribution in [2.24, 2.45) is 17.8 Å². The number of carbonyl (C=O) groups is 2. The highest BCUT2D eigenvalue weighted by atomic mass is 16.2. The predicted molar refractivity (Wildman–Crippen MR) is 136 cm³/mol. The van der Waals surface area contributed by atoms with E-state index in [0.29, 0.717) is 17.5 Å². The van der Waals surface area contributed by atoms with Gasteiger partial charge in [-0.2, -0.15) is 5.10 Å². The van der Waals surface area contributed by atoms with Crippen LogP contribution in [-0.4, -0.2) is 32.6 Å². The molecule has 7 nitrogen and oxygen atoms in total. The van der Waals surface area contributed by atoms with Gasteiger partial charge >= 0.3 is 0 Å². The Kier molecular flexibility index (Phi) is 6.41. The first-order valence-electron chi connectivity index (χ1n) is 12.6. The molecule has 2 fully saturated rings. The van der Waals surface area contributed by atoms with Crippen molar-refractivity contribution in [3.8, 4) is 11.1 Å². The summed E-state index contributed by atoms with van der Waals surface area (Å²) in [5, 5.41) is 10.5. The Hall–Kier alpha value is -3.48. The number of aryl methyl sites for hydroxylation is 1. The van der Waals surface area contributed by atoms with Gasteiger partial charge in [-0.05, 0) is 94.0 Å². The third kappa shape index (κ3) is 5.14. The summed E-state index contributed by atoms with van der Waals surface area (Å²) in [6.07, 6.45) is 7.93. The molecule has 0 aliphatic heterocycles. The predicted octanol–water partition coefficient (Wildman–Crippen LogP) is 5.01. The maximum absolute atomic E-state index is 13.6. The molecule has 2 saturated carbocycles. The minimum absolute atomic E-state index is 0.0580. The third-order valence-corrected chi connectivity index (χ3v) is 7.15. The summed E-state index contributed by atoms with van der Waals surface area (Å²) in [6, 6.07) is 13.0. The van der Waals surface area contributed by atoms with Crippen LogP contribution in [0.3, 0.4) is 0 Å². The van der Waals surface area contributed by atoms with Crippen molar-refractivity contribution in [3.05, 3.63) is 66.2 Å². The Labute approximate surface area is 206 Å². The summed E-state index contributed by atoms with van der Waals surface area (Å²) >= 11 is 0. The summed E-state index contributed by atoms with van der Waals surface area (Å²) in [5.74, 6) is 0.786. The number of aromatic nitrogens is 3. The fourth-order valence-corrected chi connectivity index (χ4v) is 5.09. The number of hydrogen-bond acceptors (Lipinski definition) is 4. The highest BCUT2D eigenvalue weighted by molar-refractivity contribution is 6.01. The summed E-state index contributed by atoms with van der Waals surface area (Å²) in [5.41, 5.74) is 4.29. The van der Waals surface area contributed by atoms with Crippen LogP contribution in [0.5, 0.6) is 0 Å². The fraction of sp³-hybridized carbons (Fsp3) is 0.429. The zero-order chi connectivity index (χ0) is 24.5. The molecule has 0 spiro atoms. The highest BCUT2D eigenvalue weighted by Gasteiger charge is 2.48. The molecule has 2 amide bonds. The number of hydrogen-bond donors (Lipinski definition) is 2. The van der Waals surface area contributed by atoms with Crippen molar-refractivity contribution < 1.29 is 9.59 Å². The molecule has 2 aliphatic carbocycles. The Balaban J connectivity index is 1.36. The van der Waals surface area contributed by atoms with Gasteiger partial charge in [-0.15, -0.1) is 0 Å². The number of rotatable bonds is 9. The van der Waals surface area contributed by atoms with Gasteiger partial charge in [0.2, 0.25) is 5.91 Å². The molecular formula is C28H33N5O2. The van der Waals surface area contributed by atoms with Crippen LogP contribution in [0, 0.1) is 24.7 Å². The van der Waals surface area contributed by atoms with Crippen molar-refractivity contribution in [1.29, 1.82) is 0 Å². The van der Waals surface area contributed by atoms with Crippen molar-refractivity contribution in [3.63, 3.8) is 0 Å². The van der Waals surface area contributed by atoms with Crippen LogP contribution in [-0.2, 0) is 4.79 Å². The normalized spacial score (nSPS) is 16.4. The lowest BCUT2D eigenvalue weighted by molar-refractivity contribution is -0.119.